The van der Waals surface area contributed by atoms with Gasteiger partial charge in [0.2, 0.25) is 0 Å². The summed E-state index contributed by atoms with van der Waals surface area (Å²) >= 11 is 0. The van der Waals surface area contributed by atoms with Crippen LogP contribution in [0, 0.1) is 0 Å². The van der Waals surface area contributed by atoms with E-state index in [1.165, 1.54) is 6.20 Å². The Hall–Kier alpha value is -1.27. The Kier molecular flexibility index (Phi) is 3.86. The topological polar surface area (TPSA) is 70.5 Å². The number of carboxylic acid groups (broad SMARTS) is 1. The molecule has 2 heterocycles. The number of carboxylic acids is 1. The van der Waals surface area contributed by atoms with Crippen LogP contribution in [0.3, 0.4) is 0 Å². The van der Waals surface area contributed by atoms with E-state index >= 15 is 0 Å². The fraction of sp³-hybridized carbons (Fsp3) is 0.455. The van der Waals surface area contributed by atoms with Gasteiger partial charge in [0.25, 0.3) is 0 Å². The molecule has 1 aliphatic heterocycles. The third-order valence-electron chi connectivity index (χ3n) is 2.72. The zero-order valence-corrected chi connectivity index (χ0v) is 10.2. The molecule has 0 bridgehead atoms. The molecule has 5 nitrogen and oxygen atoms in total. The summed E-state index contributed by atoms with van der Waals surface area (Å²) < 4.78 is 11.2. The van der Waals surface area contributed by atoms with Gasteiger partial charge in [0.05, 0.1) is 0 Å². The van der Waals surface area contributed by atoms with Crippen molar-refractivity contribution in [3.8, 4) is 0 Å². The summed E-state index contributed by atoms with van der Waals surface area (Å²) in [6.07, 6.45) is 1.51. The first-order valence-corrected chi connectivity index (χ1v) is 6.89. The van der Waals surface area contributed by atoms with Gasteiger partial charge < -0.3 is 5.11 Å². The summed E-state index contributed by atoms with van der Waals surface area (Å²) in [7, 11) is -0.679. The molecule has 0 atom stereocenters. The van der Waals surface area contributed by atoms with E-state index in [9.17, 15) is 9.00 Å². The first-order chi connectivity index (χ1) is 8.15. The number of hydrogen-bond acceptors (Lipinski definition) is 4. The zero-order valence-electron chi connectivity index (χ0n) is 9.33. The second kappa shape index (κ2) is 5.37. The van der Waals surface area contributed by atoms with Gasteiger partial charge in [0, 0.05) is 48.1 Å². The van der Waals surface area contributed by atoms with Crippen molar-refractivity contribution in [1.82, 2.24) is 9.88 Å². The van der Waals surface area contributed by atoms with Crippen LogP contribution in [0.5, 0.6) is 0 Å². The molecule has 0 amide bonds. The lowest BCUT2D eigenvalue weighted by Crippen LogP contribution is -2.37. The van der Waals surface area contributed by atoms with Crippen LogP contribution in [-0.4, -0.2) is 49.8 Å². The predicted molar refractivity (Wildman–Crippen MR) is 64.3 cm³/mol. The summed E-state index contributed by atoms with van der Waals surface area (Å²) in [6.45, 7) is 2.30. The molecule has 1 aromatic heterocycles. The minimum absolute atomic E-state index is 0.0723. The van der Waals surface area contributed by atoms with E-state index in [1.54, 1.807) is 6.07 Å². The average molecular weight is 254 g/mol. The molecule has 1 fully saturated rings. The highest BCUT2D eigenvalue weighted by molar-refractivity contribution is 7.85. The minimum atomic E-state index is -1.01. The number of carbonyl (C=O) groups is 1. The summed E-state index contributed by atoms with van der Waals surface area (Å²) in [5.74, 6) is 0.403. The number of aromatic nitrogens is 1. The molecule has 1 N–H and O–H groups in total. The van der Waals surface area contributed by atoms with E-state index in [2.05, 4.69) is 9.88 Å². The molecule has 0 saturated carbocycles. The number of nitrogens with zero attached hydrogens (tertiary/aromatic N) is 2. The first kappa shape index (κ1) is 12.2. The summed E-state index contributed by atoms with van der Waals surface area (Å²) in [5.41, 5.74) is 1.01. The van der Waals surface area contributed by atoms with Crippen LogP contribution in [0.1, 0.15) is 16.1 Å². The quantitative estimate of drug-likeness (QED) is 0.842. The number of pyridine rings is 1. The molecular formula is C11H14N2O3S. The Bertz CT molecular complexity index is 440. The van der Waals surface area contributed by atoms with Gasteiger partial charge in [-0.1, -0.05) is 0 Å². The van der Waals surface area contributed by atoms with Gasteiger partial charge in [-0.15, -0.1) is 0 Å². The van der Waals surface area contributed by atoms with E-state index in [0.717, 1.165) is 18.7 Å². The van der Waals surface area contributed by atoms with Crippen molar-refractivity contribution in [2.45, 2.75) is 6.54 Å². The summed E-state index contributed by atoms with van der Waals surface area (Å²) in [5, 5.41) is 8.83. The molecule has 17 heavy (non-hydrogen) atoms. The van der Waals surface area contributed by atoms with E-state index < -0.39 is 16.8 Å². The molecule has 6 heteroatoms. The Morgan fingerprint density at radius 2 is 2.18 bits per heavy atom. The van der Waals surface area contributed by atoms with Crippen LogP contribution >= 0.6 is 0 Å². The summed E-state index contributed by atoms with van der Waals surface area (Å²) in [6, 6.07) is 3.41. The maximum Gasteiger partial charge on any atom is 0.354 e. The summed E-state index contributed by atoms with van der Waals surface area (Å²) in [4.78, 5) is 16.7. The van der Waals surface area contributed by atoms with Crippen LogP contribution in [-0.2, 0) is 17.3 Å². The second-order valence-corrected chi connectivity index (χ2v) is 5.67. The van der Waals surface area contributed by atoms with Crippen molar-refractivity contribution in [2.75, 3.05) is 24.6 Å². The zero-order chi connectivity index (χ0) is 12.3. The van der Waals surface area contributed by atoms with Gasteiger partial charge in [0.1, 0.15) is 5.69 Å². The van der Waals surface area contributed by atoms with Crippen molar-refractivity contribution in [1.29, 1.82) is 0 Å². The average Bonchev–Trinajstić information content (AvgIpc) is 2.32. The Labute approximate surface area is 102 Å². The molecule has 0 spiro atoms. The molecule has 0 radical (unpaired) electrons. The SMILES string of the molecule is O=C(O)c1cc(CN2CCS(=O)CC2)ccn1. The van der Waals surface area contributed by atoms with Crippen molar-refractivity contribution in [2.24, 2.45) is 0 Å². The number of rotatable bonds is 3. The van der Waals surface area contributed by atoms with Crippen molar-refractivity contribution >= 4 is 16.8 Å². The van der Waals surface area contributed by atoms with Gasteiger partial charge in [-0.2, -0.15) is 0 Å². The highest BCUT2D eigenvalue weighted by Crippen LogP contribution is 2.09. The standard InChI is InChI=1S/C11H14N2O3S/c14-11(15)10-7-9(1-2-12-10)8-13-3-5-17(16)6-4-13/h1-2,7H,3-6,8H2,(H,14,15). The van der Waals surface area contributed by atoms with Gasteiger partial charge in [-0.3, -0.25) is 9.11 Å². The molecule has 0 aliphatic carbocycles. The van der Waals surface area contributed by atoms with E-state index in [4.69, 9.17) is 5.11 Å². The van der Waals surface area contributed by atoms with Crippen LogP contribution in [0.25, 0.3) is 0 Å². The monoisotopic (exact) mass is 254 g/mol. The Morgan fingerprint density at radius 1 is 1.47 bits per heavy atom. The molecule has 0 unspecified atom stereocenters. The number of aromatic carboxylic acids is 1. The highest BCUT2D eigenvalue weighted by Gasteiger charge is 2.15. The fourth-order valence-corrected chi connectivity index (χ4v) is 2.91. The van der Waals surface area contributed by atoms with Crippen molar-refractivity contribution < 1.29 is 14.1 Å². The first-order valence-electron chi connectivity index (χ1n) is 5.41. The lowest BCUT2D eigenvalue weighted by Gasteiger charge is -2.26. The van der Waals surface area contributed by atoms with Crippen LogP contribution < -0.4 is 0 Å². The van der Waals surface area contributed by atoms with E-state index in [1.807, 2.05) is 6.07 Å². The number of hydrogen-bond donors (Lipinski definition) is 1. The predicted octanol–water partition coefficient (Wildman–Crippen LogP) is 0.344. The maximum atomic E-state index is 11.2. The molecular weight excluding hydrogens is 240 g/mol. The molecule has 0 aromatic carbocycles. The van der Waals surface area contributed by atoms with Gasteiger partial charge >= 0.3 is 5.97 Å². The third kappa shape index (κ3) is 3.34. The van der Waals surface area contributed by atoms with E-state index in [-0.39, 0.29) is 5.69 Å². The molecule has 1 aliphatic rings. The lowest BCUT2D eigenvalue weighted by molar-refractivity contribution is 0.0690. The van der Waals surface area contributed by atoms with Crippen LogP contribution in [0.15, 0.2) is 18.3 Å². The normalized spacial score (nSPS) is 18.1. The van der Waals surface area contributed by atoms with Crippen molar-refractivity contribution in [3.05, 3.63) is 29.6 Å². The van der Waals surface area contributed by atoms with Gasteiger partial charge in [-0.05, 0) is 17.7 Å². The van der Waals surface area contributed by atoms with Crippen LogP contribution in [0.2, 0.25) is 0 Å². The molecule has 2 rings (SSSR count). The fourth-order valence-electron chi connectivity index (χ4n) is 1.78. The minimum Gasteiger partial charge on any atom is -0.477 e. The second-order valence-electron chi connectivity index (χ2n) is 3.98. The molecule has 1 saturated heterocycles. The van der Waals surface area contributed by atoms with Crippen molar-refractivity contribution in [3.63, 3.8) is 0 Å². The van der Waals surface area contributed by atoms with Crippen LogP contribution in [0.4, 0.5) is 0 Å². The van der Waals surface area contributed by atoms with Gasteiger partial charge in [0.15, 0.2) is 0 Å². The maximum absolute atomic E-state index is 11.2. The Morgan fingerprint density at radius 3 is 2.82 bits per heavy atom. The highest BCUT2D eigenvalue weighted by atomic mass is 32.2. The smallest absolute Gasteiger partial charge is 0.354 e. The largest absolute Gasteiger partial charge is 0.477 e. The van der Waals surface area contributed by atoms with E-state index in [0.29, 0.717) is 18.1 Å². The molecule has 1 aromatic rings. The lowest BCUT2D eigenvalue weighted by atomic mass is 10.2. The Balaban J connectivity index is 2.01. The molecule has 92 valence electrons. The van der Waals surface area contributed by atoms with Gasteiger partial charge in [-0.25, -0.2) is 9.78 Å². The third-order valence-corrected chi connectivity index (χ3v) is 4.00.